The number of fused-ring (bicyclic) bond motifs is 1. The molecule has 1 aromatic carbocycles. The Hall–Kier alpha value is -3.44. The van der Waals surface area contributed by atoms with Crippen LogP contribution in [0.15, 0.2) is 30.5 Å². The topological polar surface area (TPSA) is 201 Å². The first-order valence-electron chi connectivity index (χ1n) is 9.20. The summed E-state index contributed by atoms with van der Waals surface area (Å²) < 4.78 is 0. The van der Waals surface area contributed by atoms with Gasteiger partial charge in [0.1, 0.15) is 12.1 Å². The van der Waals surface area contributed by atoms with Gasteiger partial charge in [-0.25, -0.2) is 4.79 Å². The fourth-order valence-corrected chi connectivity index (χ4v) is 2.96. The maximum Gasteiger partial charge on any atom is 0.326 e. The number of rotatable bonds is 10. The minimum atomic E-state index is -1.47. The highest BCUT2D eigenvalue weighted by Gasteiger charge is 2.31. The Kier molecular flexibility index (Phi) is 7.50. The number of benzene rings is 1. The molecule has 0 spiro atoms. The van der Waals surface area contributed by atoms with Crippen molar-refractivity contribution in [3.63, 3.8) is 0 Å². The van der Waals surface area contributed by atoms with Crippen molar-refractivity contribution in [1.29, 1.82) is 0 Å². The lowest BCUT2D eigenvalue weighted by molar-refractivity contribution is -0.143. The van der Waals surface area contributed by atoms with E-state index in [2.05, 4.69) is 15.6 Å². The lowest BCUT2D eigenvalue weighted by Crippen LogP contribution is -2.58. The van der Waals surface area contributed by atoms with E-state index in [1.807, 2.05) is 24.3 Å². The van der Waals surface area contributed by atoms with Crippen LogP contribution in [0.25, 0.3) is 10.9 Å². The van der Waals surface area contributed by atoms with Crippen molar-refractivity contribution in [2.24, 2.45) is 11.5 Å². The molecule has 0 fully saturated rings. The molecule has 1 heterocycles. The zero-order valence-electron chi connectivity index (χ0n) is 16.3. The van der Waals surface area contributed by atoms with E-state index in [-0.39, 0.29) is 6.42 Å². The van der Waals surface area contributed by atoms with Crippen LogP contribution in [0.2, 0.25) is 0 Å². The molecule has 0 aliphatic heterocycles. The van der Waals surface area contributed by atoms with Gasteiger partial charge in [-0.15, -0.1) is 0 Å². The number of carboxylic acid groups (broad SMARTS) is 1. The molecule has 0 bridgehead atoms. The highest BCUT2D eigenvalue weighted by atomic mass is 16.4. The third-order valence-corrected chi connectivity index (χ3v) is 4.53. The SMILES string of the molecule is C[C@@H](O)[C@H](NC(=O)[C@@H](N)CC(N)=O)C(=O)N[C@@H](Cc1c[nH]c2ccccc12)C(=O)O. The van der Waals surface area contributed by atoms with Crippen LogP contribution in [0.5, 0.6) is 0 Å². The van der Waals surface area contributed by atoms with Gasteiger partial charge in [0.2, 0.25) is 17.7 Å². The normalized spacial score (nSPS) is 15.0. The Morgan fingerprint density at radius 3 is 2.40 bits per heavy atom. The van der Waals surface area contributed by atoms with Crippen LogP contribution in [0.4, 0.5) is 0 Å². The van der Waals surface area contributed by atoms with Gasteiger partial charge < -0.3 is 37.3 Å². The van der Waals surface area contributed by atoms with Crippen LogP contribution in [-0.4, -0.2) is 63.1 Å². The molecule has 1 aromatic heterocycles. The summed E-state index contributed by atoms with van der Waals surface area (Å²) in [5, 5.41) is 24.8. The summed E-state index contributed by atoms with van der Waals surface area (Å²) in [7, 11) is 0. The van der Waals surface area contributed by atoms with Crippen LogP contribution >= 0.6 is 0 Å². The van der Waals surface area contributed by atoms with Crippen molar-refractivity contribution in [3.05, 3.63) is 36.0 Å². The standard InChI is InChI=1S/C19H25N5O6/c1-9(25)16(24-17(27)12(20)7-15(21)26)18(28)23-14(19(29)30)6-10-8-22-13-5-3-2-4-11(10)13/h2-5,8-9,12,14,16,22,25H,6-7,20H2,1H3,(H2,21,26)(H,23,28)(H,24,27)(H,29,30)/t9-,12+,14+,16+/m1/s1. The van der Waals surface area contributed by atoms with E-state index in [1.165, 1.54) is 6.92 Å². The number of aliphatic carboxylic acids is 1. The van der Waals surface area contributed by atoms with E-state index in [9.17, 15) is 29.4 Å². The number of primary amides is 1. The van der Waals surface area contributed by atoms with Crippen molar-refractivity contribution < 1.29 is 29.4 Å². The molecule has 11 nitrogen and oxygen atoms in total. The summed E-state index contributed by atoms with van der Waals surface area (Å²) in [5.41, 5.74) is 12.0. The minimum absolute atomic E-state index is 0.0211. The van der Waals surface area contributed by atoms with Gasteiger partial charge in [-0.05, 0) is 18.6 Å². The van der Waals surface area contributed by atoms with Gasteiger partial charge in [0.05, 0.1) is 18.6 Å². The van der Waals surface area contributed by atoms with Crippen LogP contribution in [0, 0.1) is 0 Å². The van der Waals surface area contributed by atoms with Crippen LogP contribution < -0.4 is 22.1 Å². The predicted octanol–water partition coefficient (Wildman–Crippen LogP) is -1.65. The number of aliphatic hydroxyl groups excluding tert-OH is 1. The first kappa shape index (κ1) is 22.8. The third-order valence-electron chi connectivity index (χ3n) is 4.53. The second kappa shape index (κ2) is 9.85. The smallest absolute Gasteiger partial charge is 0.326 e. The van der Waals surface area contributed by atoms with E-state index in [0.717, 1.165) is 10.9 Å². The molecule has 2 aromatic rings. The maximum atomic E-state index is 12.6. The fourth-order valence-electron chi connectivity index (χ4n) is 2.96. The summed E-state index contributed by atoms with van der Waals surface area (Å²) in [6.07, 6.45) is -0.161. The number of aliphatic hydroxyl groups is 1. The Morgan fingerprint density at radius 1 is 1.13 bits per heavy atom. The molecule has 0 unspecified atom stereocenters. The number of carbonyl (C=O) groups is 4. The molecule has 0 saturated carbocycles. The monoisotopic (exact) mass is 419 g/mol. The lowest BCUT2D eigenvalue weighted by Gasteiger charge is -2.24. The fraction of sp³-hybridized carbons (Fsp3) is 0.368. The molecule has 9 N–H and O–H groups in total. The summed E-state index contributed by atoms with van der Waals surface area (Å²) >= 11 is 0. The number of carbonyl (C=O) groups excluding carboxylic acids is 3. The average molecular weight is 419 g/mol. The van der Waals surface area contributed by atoms with E-state index in [1.54, 1.807) is 6.20 Å². The van der Waals surface area contributed by atoms with Gasteiger partial charge >= 0.3 is 5.97 Å². The van der Waals surface area contributed by atoms with Gasteiger partial charge in [-0.3, -0.25) is 14.4 Å². The number of carboxylic acids is 1. The van der Waals surface area contributed by atoms with Crippen LogP contribution in [-0.2, 0) is 25.6 Å². The number of hydrogen-bond donors (Lipinski definition) is 7. The lowest BCUT2D eigenvalue weighted by atomic mass is 10.0. The second-order valence-corrected chi connectivity index (χ2v) is 6.97. The van der Waals surface area contributed by atoms with Crippen molar-refractivity contribution in [3.8, 4) is 0 Å². The molecular weight excluding hydrogens is 394 g/mol. The predicted molar refractivity (Wildman–Crippen MR) is 107 cm³/mol. The first-order valence-corrected chi connectivity index (χ1v) is 9.20. The number of amides is 3. The molecule has 0 aliphatic rings. The molecule has 30 heavy (non-hydrogen) atoms. The van der Waals surface area contributed by atoms with Crippen LogP contribution in [0.1, 0.15) is 18.9 Å². The summed E-state index contributed by atoms with van der Waals surface area (Å²) in [6, 6.07) is 3.20. The molecule has 4 atom stereocenters. The number of aromatic nitrogens is 1. The number of nitrogens with two attached hydrogens (primary N) is 2. The number of hydrogen-bond acceptors (Lipinski definition) is 6. The van der Waals surface area contributed by atoms with Gasteiger partial charge in [-0.2, -0.15) is 0 Å². The average Bonchev–Trinajstić information content (AvgIpc) is 3.07. The highest BCUT2D eigenvalue weighted by molar-refractivity contribution is 5.94. The van der Waals surface area contributed by atoms with Crippen molar-refractivity contribution in [2.75, 3.05) is 0 Å². The van der Waals surface area contributed by atoms with Crippen molar-refractivity contribution >= 4 is 34.6 Å². The maximum absolute atomic E-state index is 12.6. The largest absolute Gasteiger partial charge is 0.480 e. The first-order chi connectivity index (χ1) is 14.1. The zero-order valence-corrected chi connectivity index (χ0v) is 16.3. The number of H-pyrrole nitrogens is 1. The molecule has 162 valence electrons. The highest BCUT2D eigenvalue weighted by Crippen LogP contribution is 2.19. The van der Waals surface area contributed by atoms with Crippen molar-refractivity contribution in [2.45, 2.75) is 44.0 Å². The van der Waals surface area contributed by atoms with Gasteiger partial charge in [0, 0.05) is 23.5 Å². The van der Waals surface area contributed by atoms with Gasteiger partial charge in [0.15, 0.2) is 0 Å². The van der Waals surface area contributed by atoms with E-state index in [0.29, 0.717) is 5.56 Å². The van der Waals surface area contributed by atoms with E-state index >= 15 is 0 Å². The summed E-state index contributed by atoms with van der Waals surface area (Å²) in [6.45, 7) is 1.25. The van der Waals surface area contributed by atoms with Crippen LogP contribution in [0.3, 0.4) is 0 Å². The summed E-state index contributed by atoms with van der Waals surface area (Å²) in [4.78, 5) is 50.3. The van der Waals surface area contributed by atoms with Crippen molar-refractivity contribution in [1.82, 2.24) is 15.6 Å². The van der Waals surface area contributed by atoms with E-state index in [4.69, 9.17) is 11.5 Å². The molecule has 0 radical (unpaired) electrons. The quantitative estimate of drug-likeness (QED) is 0.239. The number of nitrogens with one attached hydrogen (secondary N) is 3. The molecule has 0 aliphatic carbocycles. The molecular formula is C19H25N5O6. The second-order valence-electron chi connectivity index (χ2n) is 6.97. The zero-order chi connectivity index (χ0) is 22.4. The summed E-state index contributed by atoms with van der Waals surface area (Å²) in [5.74, 6) is -3.87. The molecule has 2 rings (SSSR count). The van der Waals surface area contributed by atoms with Gasteiger partial charge in [-0.1, -0.05) is 18.2 Å². The molecule has 0 saturated heterocycles. The number of para-hydroxylation sites is 1. The molecule has 3 amide bonds. The van der Waals surface area contributed by atoms with E-state index < -0.39 is 54.3 Å². The Bertz CT molecular complexity index is 940. The Balaban J connectivity index is 2.12. The van der Waals surface area contributed by atoms with Gasteiger partial charge in [0.25, 0.3) is 0 Å². The Labute approximate surface area is 171 Å². The third kappa shape index (κ3) is 5.78. The molecule has 11 heteroatoms. The minimum Gasteiger partial charge on any atom is -0.480 e. The Morgan fingerprint density at radius 2 is 1.80 bits per heavy atom. The number of aromatic amines is 1.